The number of amides is 1. The van der Waals surface area contributed by atoms with E-state index in [1.165, 1.54) is 5.51 Å². The SMILES string of the molecule is O=C(CCC(=O)c1ccc(F)cc1F)Nc1nncs1. The second-order valence-electron chi connectivity index (χ2n) is 3.84. The fraction of sp³-hybridized carbons (Fsp3) is 0.167. The molecule has 5 nitrogen and oxygen atoms in total. The van der Waals surface area contributed by atoms with Gasteiger partial charge in [-0.1, -0.05) is 11.3 Å². The summed E-state index contributed by atoms with van der Waals surface area (Å²) < 4.78 is 26.1. The highest BCUT2D eigenvalue weighted by Crippen LogP contribution is 2.14. The molecule has 104 valence electrons. The Morgan fingerprint density at radius 3 is 2.70 bits per heavy atom. The lowest BCUT2D eigenvalue weighted by molar-refractivity contribution is -0.116. The van der Waals surface area contributed by atoms with Crippen molar-refractivity contribution in [2.24, 2.45) is 0 Å². The fourth-order valence-electron chi connectivity index (χ4n) is 1.49. The van der Waals surface area contributed by atoms with Crippen molar-refractivity contribution < 1.29 is 18.4 Å². The van der Waals surface area contributed by atoms with Crippen LogP contribution in [-0.4, -0.2) is 21.9 Å². The average Bonchev–Trinajstić information content (AvgIpc) is 2.89. The number of anilines is 1. The summed E-state index contributed by atoms with van der Waals surface area (Å²) in [5.74, 6) is -2.67. The van der Waals surface area contributed by atoms with Crippen LogP contribution in [-0.2, 0) is 4.79 Å². The maximum absolute atomic E-state index is 13.4. The van der Waals surface area contributed by atoms with E-state index in [1.54, 1.807) is 0 Å². The van der Waals surface area contributed by atoms with Gasteiger partial charge in [-0.25, -0.2) is 8.78 Å². The number of halogens is 2. The number of ketones is 1. The summed E-state index contributed by atoms with van der Waals surface area (Å²) in [6, 6.07) is 2.70. The van der Waals surface area contributed by atoms with Gasteiger partial charge in [-0.2, -0.15) is 0 Å². The van der Waals surface area contributed by atoms with Gasteiger partial charge in [0.05, 0.1) is 5.56 Å². The van der Waals surface area contributed by atoms with Gasteiger partial charge >= 0.3 is 0 Å². The molecule has 1 aromatic heterocycles. The number of benzene rings is 1. The number of aromatic nitrogens is 2. The molecule has 2 rings (SSSR count). The molecule has 1 N–H and O–H groups in total. The standard InChI is InChI=1S/C12H9F2N3O2S/c13-7-1-2-8(9(14)5-7)10(18)3-4-11(19)16-12-17-15-6-20-12/h1-2,5-6H,3-4H2,(H,16,17,19). The first-order chi connectivity index (χ1) is 9.56. The van der Waals surface area contributed by atoms with E-state index < -0.39 is 23.3 Å². The third-order valence-electron chi connectivity index (χ3n) is 2.42. The van der Waals surface area contributed by atoms with Crippen molar-refractivity contribution in [2.75, 3.05) is 5.32 Å². The summed E-state index contributed by atoms with van der Waals surface area (Å²) in [5.41, 5.74) is 1.23. The van der Waals surface area contributed by atoms with E-state index in [0.717, 1.165) is 23.5 Å². The minimum Gasteiger partial charge on any atom is -0.301 e. The Hall–Kier alpha value is -2.22. The molecule has 0 aliphatic rings. The van der Waals surface area contributed by atoms with Crippen molar-refractivity contribution in [1.29, 1.82) is 0 Å². The van der Waals surface area contributed by atoms with Crippen LogP contribution in [0, 0.1) is 11.6 Å². The predicted molar refractivity (Wildman–Crippen MR) is 68.5 cm³/mol. The number of Topliss-reactive ketones (excluding diaryl/α,β-unsaturated/α-hetero) is 1. The van der Waals surface area contributed by atoms with Crippen LogP contribution in [0.5, 0.6) is 0 Å². The Morgan fingerprint density at radius 2 is 2.05 bits per heavy atom. The van der Waals surface area contributed by atoms with E-state index in [4.69, 9.17) is 0 Å². The van der Waals surface area contributed by atoms with Gasteiger partial charge in [0.25, 0.3) is 0 Å². The molecule has 0 aliphatic carbocycles. The van der Waals surface area contributed by atoms with Crippen molar-refractivity contribution in [3.05, 3.63) is 40.9 Å². The number of carbonyl (C=O) groups excluding carboxylic acids is 2. The normalized spacial score (nSPS) is 10.3. The third kappa shape index (κ3) is 3.64. The van der Waals surface area contributed by atoms with Gasteiger partial charge in [0, 0.05) is 18.9 Å². The maximum Gasteiger partial charge on any atom is 0.226 e. The summed E-state index contributed by atoms with van der Waals surface area (Å²) in [5, 5.41) is 9.94. The van der Waals surface area contributed by atoms with Gasteiger partial charge in [0.2, 0.25) is 11.0 Å². The van der Waals surface area contributed by atoms with E-state index in [0.29, 0.717) is 11.2 Å². The van der Waals surface area contributed by atoms with E-state index in [1.807, 2.05) is 0 Å². The summed E-state index contributed by atoms with van der Waals surface area (Å²) in [6.45, 7) is 0. The molecular formula is C12H9F2N3O2S. The number of carbonyl (C=O) groups is 2. The molecule has 0 fully saturated rings. The minimum absolute atomic E-state index is 0.116. The fourth-order valence-corrected chi connectivity index (χ4v) is 1.95. The van der Waals surface area contributed by atoms with E-state index in [9.17, 15) is 18.4 Å². The van der Waals surface area contributed by atoms with Crippen LogP contribution in [0.1, 0.15) is 23.2 Å². The Labute approximate surface area is 116 Å². The van der Waals surface area contributed by atoms with Crippen molar-refractivity contribution in [3.63, 3.8) is 0 Å². The maximum atomic E-state index is 13.4. The Balaban J connectivity index is 1.90. The van der Waals surface area contributed by atoms with Crippen LogP contribution < -0.4 is 5.32 Å². The monoisotopic (exact) mass is 297 g/mol. The molecule has 0 spiro atoms. The molecule has 8 heteroatoms. The van der Waals surface area contributed by atoms with Gasteiger partial charge in [-0.3, -0.25) is 9.59 Å². The minimum atomic E-state index is -0.931. The highest BCUT2D eigenvalue weighted by Gasteiger charge is 2.14. The molecule has 0 radical (unpaired) electrons. The zero-order valence-electron chi connectivity index (χ0n) is 10.1. The van der Waals surface area contributed by atoms with Gasteiger partial charge in [-0.15, -0.1) is 10.2 Å². The molecule has 0 unspecified atom stereocenters. The first kappa shape index (κ1) is 14.2. The van der Waals surface area contributed by atoms with E-state index in [-0.39, 0.29) is 18.4 Å². The highest BCUT2D eigenvalue weighted by molar-refractivity contribution is 7.13. The van der Waals surface area contributed by atoms with Crippen molar-refractivity contribution in [1.82, 2.24) is 10.2 Å². The molecule has 0 saturated carbocycles. The topological polar surface area (TPSA) is 72.0 Å². The Morgan fingerprint density at radius 1 is 1.25 bits per heavy atom. The van der Waals surface area contributed by atoms with E-state index in [2.05, 4.69) is 15.5 Å². The smallest absolute Gasteiger partial charge is 0.226 e. The number of hydrogen-bond donors (Lipinski definition) is 1. The molecular weight excluding hydrogens is 288 g/mol. The first-order valence-corrected chi connectivity index (χ1v) is 6.48. The van der Waals surface area contributed by atoms with Gasteiger partial charge in [0.15, 0.2) is 5.78 Å². The van der Waals surface area contributed by atoms with Crippen LogP contribution in [0.15, 0.2) is 23.7 Å². The lowest BCUT2D eigenvalue weighted by atomic mass is 10.1. The zero-order chi connectivity index (χ0) is 14.5. The number of nitrogens with zero attached hydrogens (tertiary/aromatic N) is 2. The van der Waals surface area contributed by atoms with Gasteiger partial charge in [0.1, 0.15) is 17.1 Å². The summed E-state index contributed by atoms with van der Waals surface area (Å²) in [7, 11) is 0. The van der Waals surface area contributed by atoms with Crippen LogP contribution in [0.4, 0.5) is 13.9 Å². The van der Waals surface area contributed by atoms with Crippen molar-refractivity contribution in [2.45, 2.75) is 12.8 Å². The number of rotatable bonds is 5. The lowest BCUT2D eigenvalue weighted by Gasteiger charge is -2.03. The molecule has 0 saturated heterocycles. The van der Waals surface area contributed by atoms with Gasteiger partial charge in [-0.05, 0) is 12.1 Å². The van der Waals surface area contributed by atoms with Crippen LogP contribution >= 0.6 is 11.3 Å². The summed E-state index contributed by atoms with van der Waals surface area (Å²) >= 11 is 1.15. The highest BCUT2D eigenvalue weighted by atomic mass is 32.1. The Bertz CT molecular complexity index is 632. The second kappa shape index (κ2) is 6.29. The number of hydrogen-bond acceptors (Lipinski definition) is 5. The Kier molecular flexibility index (Phi) is 4.46. The van der Waals surface area contributed by atoms with E-state index >= 15 is 0 Å². The molecule has 20 heavy (non-hydrogen) atoms. The first-order valence-electron chi connectivity index (χ1n) is 5.60. The summed E-state index contributed by atoms with van der Waals surface area (Å²) in [4.78, 5) is 23.2. The van der Waals surface area contributed by atoms with Crippen LogP contribution in [0.2, 0.25) is 0 Å². The molecule has 0 bridgehead atoms. The molecule has 2 aromatic rings. The van der Waals surface area contributed by atoms with Crippen LogP contribution in [0.25, 0.3) is 0 Å². The molecule has 0 aliphatic heterocycles. The van der Waals surface area contributed by atoms with Crippen LogP contribution in [0.3, 0.4) is 0 Å². The quantitative estimate of drug-likeness (QED) is 0.860. The van der Waals surface area contributed by atoms with Crippen molar-refractivity contribution >= 4 is 28.2 Å². The third-order valence-corrected chi connectivity index (χ3v) is 3.02. The largest absolute Gasteiger partial charge is 0.301 e. The second-order valence-corrected chi connectivity index (χ2v) is 4.67. The molecule has 1 aromatic carbocycles. The summed E-state index contributed by atoms with van der Waals surface area (Å²) in [6.07, 6.45) is -0.289. The molecule has 1 amide bonds. The average molecular weight is 297 g/mol. The number of nitrogens with one attached hydrogen (secondary N) is 1. The zero-order valence-corrected chi connectivity index (χ0v) is 10.9. The predicted octanol–water partition coefficient (Wildman–Crippen LogP) is 2.42. The molecule has 1 heterocycles. The van der Waals surface area contributed by atoms with Crippen molar-refractivity contribution in [3.8, 4) is 0 Å². The van der Waals surface area contributed by atoms with Gasteiger partial charge < -0.3 is 5.32 Å². The molecule has 0 atom stereocenters. The lowest BCUT2D eigenvalue weighted by Crippen LogP contribution is -2.14.